The maximum absolute atomic E-state index is 13.4. The normalized spacial score (nSPS) is 12.0. The fourth-order valence-corrected chi connectivity index (χ4v) is 5.56. The van der Waals surface area contributed by atoms with Crippen LogP contribution in [-0.2, 0) is 14.8 Å². The summed E-state index contributed by atoms with van der Waals surface area (Å²) in [6.07, 6.45) is -0.909. The SMILES string of the molecule is Cc1c(C(=O)Oc2ccc(-c3ccc(S(=O)(=O)N(CC(C)C)C(=O)OC(C)(C)C)cc3)cc2)oc2ccccc12. The number of benzene rings is 3. The van der Waals surface area contributed by atoms with E-state index >= 15 is 0 Å². The second-order valence-electron chi connectivity index (χ2n) is 10.9. The molecule has 0 spiro atoms. The number of hydrogen-bond donors (Lipinski definition) is 0. The van der Waals surface area contributed by atoms with Crippen molar-refractivity contribution < 1.29 is 31.9 Å². The van der Waals surface area contributed by atoms with Gasteiger partial charge in [-0.25, -0.2) is 22.3 Å². The largest absolute Gasteiger partial charge is 0.449 e. The third-order valence-corrected chi connectivity index (χ3v) is 7.74. The summed E-state index contributed by atoms with van der Waals surface area (Å²) in [5.41, 5.74) is 2.03. The molecule has 0 bridgehead atoms. The van der Waals surface area contributed by atoms with E-state index in [0.29, 0.717) is 16.9 Å². The van der Waals surface area contributed by atoms with Gasteiger partial charge in [-0.05, 0) is 75.1 Å². The average molecular weight is 564 g/mol. The standard InChI is InChI=1S/C31H33NO7S/c1-20(2)19-32(30(34)39-31(4,5)6)40(35,36)25-17-13-23(14-18-25)22-11-15-24(16-12-22)37-29(33)28-21(3)26-9-7-8-10-27(26)38-28/h7-18,20H,19H2,1-6H3. The Morgan fingerprint density at radius 2 is 1.48 bits per heavy atom. The molecule has 0 saturated carbocycles. The molecule has 1 aromatic heterocycles. The van der Waals surface area contributed by atoms with Gasteiger partial charge in [0.25, 0.3) is 10.0 Å². The number of furan rings is 1. The lowest BCUT2D eigenvalue weighted by atomic mass is 10.1. The number of esters is 1. The van der Waals surface area contributed by atoms with Crippen LogP contribution in [0.3, 0.4) is 0 Å². The molecular weight excluding hydrogens is 530 g/mol. The maximum Gasteiger partial charge on any atom is 0.424 e. The Morgan fingerprint density at radius 3 is 2.02 bits per heavy atom. The minimum atomic E-state index is -4.13. The third kappa shape index (κ3) is 6.37. The average Bonchev–Trinajstić information content (AvgIpc) is 3.23. The summed E-state index contributed by atoms with van der Waals surface area (Å²) in [5.74, 6) is -0.189. The van der Waals surface area contributed by atoms with Gasteiger partial charge in [0.05, 0.1) is 4.90 Å². The van der Waals surface area contributed by atoms with E-state index in [9.17, 15) is 18.0 Å². The Bertz CT molecular complexity index is 1630. The highest BCUT2D eigenvalue weighted by Crippen LogP contribution is 2.29. The van der Waals surface area contributed by atoms with Crippen LogP contribution in [0.4, 0.5) is 4.79 Å². The van der Waals surface area contributed by atoms with Gasteiger partial charge in [-0.2, -0.15) is 0 Å². The summed E-state index contributed by atoms with van der Waals surface area (Å²) >= 11 is 0. The second kappa shape index (κ2) is 11.2. The Labute approximate surface area is 234 Å². The van der Waals surface area contributed by atoms with Crippen LogP contribution in [0, 0.1) is 12.8 Å². The van der Waals surface area contributed by atoms with Gasteiger partial charge >= 0.3 is 12.1 Å². The molecule has 0 fully saturated rings. The molecule has 0 unspecified atom stereocenters. The van der Waals surface area contributed by atoms with E-state index < -0.39 is 27.7 Å². The van der Waals surface area contributed by atoms with E-state index in [2.05, 4.69) is 0 Å². The molecule has 0 aliphatic rings. The zero-order chi connectivity index (χ0) is 29.2. The van der Waals surface area contributed by atoms with E-state index in [1.165, 1.54) is 12.1 Å². The van der Waals surface area contributed by atoms with Crippen LogP contribution in [-0.4, -0.2) is 36.9 Å². The van der Waals surface area contributed by atoms with Crippen LogP contribution in [0.25, 0.3) is 22.1 Å². The minimum absolute atomic E-state index is 0.00721. The molecule has 0 saturated heterocycles. The number of para-hydroxylation sites is 1. The summed E-state index contributed by atoms with van der Waals surface area (Å²) in [6, 6.07) is 20.5. The van der Waals surface area contributed by atoms with Gasteiger partial charge in [0.2, 0.25) is 5.76 Å². The number of rotatable bonds is 7. The van der Waals surface area contributed by atoms with Crippen molar-refractivity contribution in [2.24, 2.45) is 5.92 Å². The van der Waals surface area contributed by atoms with Crippen LogP contribution < -0.4 is 4.74 Å². The summed E-state index contributed by atoms with van der Waals surface area (Å²) in [5, 5.41) is 0.855. The number of carbonyl (C=O) groups excluding carboxylic acids is 2. The number of sulfonamides is 1. The van der Waals surface area contributed by atoms with Crippen LogP contribution in [0.15, 0.2) is 82.1 Å². The third-order valence-electron chi connectivity index (χ3n) is 6.00. The maximum atomic E-state index is 13.4. The van der Waals surface area contributed by atoms with Crippen LogP contribution in [0.2, 0.25) is 0 Å². The molecule has 0 radical (unpaired) electrons. The first-order valence-electron chi connectivity index (χ1n) is 12.9. The topological polar surface area (TPSA) is 103 Å². The van der Waals surface area contributed by atoms with Crippen LogP contribution in [0.5, 0.6) is 5.75 Å². The van der Waals surface area contributed by atoms with E-state index in [1.807, 2.05) is 39.0 Å². The highest BCUT2D eigenvalue weighted by molar-refractivity contribution is 7.89. The van der Waals surface area contributed by atoms with E-state index in [-0.39, 0.29) is 23.1 Å². The molecule has 4 rings (SSSR count). The Hall–Kier alpha value is -4.11. The molecule has 1 amide bonds. The van der Waals surface area contributed by atoms with Gasteiger partial charge in [0, 0.05) is 17.5 Å². The summed E-state index contributed by atoms with van der Waals surface area (Å²) in [6.45, 7) is 10.5. The lowest BCUT2D eigenvalue weighted by Gasteiger charge is -2.28. The summed E-state index contributed by atoms with van der Waals surface area (Å²) < 4.78 is 44.1. The highest BCUT2D eigenvalue weighted by atomic mass is 32.2. The number of hydrogen-bond acceptors (Lipinski definition) is 7. The molecule has 0 atom stereocenters. The zero-order valence-electron chi connectivity index (χ0n) is 23.4. The first-order valence-corrected chi connectivity index (χ1v) is 14.4. The van der Waals surface area contributed by atoms with E-state index in [0.717, 1.165) is 20.8 Å². The van der Waals surface area contributed by atoms with Gasteiger partial charge in [-0.15, -0.1) is 0 Å². The molecule has 4 aromatic rings. The molecule has 0 aliphatic heterocycles. The van der Waals surface area contributed by atoms with Gasteiger partial charge < -0.3 is 13.9 Å². The van der Waals surface area contributed by atoms with Crippen molar-refractivity contribution in [2.45, 2.75) is 52.0 Å². The Morgan fingerprint density at radius 1 is 0.900 bits per heavy atom. The Kier molecular flexibility index (Phi) is 8.07. The van der Waals surface area contributed by atoms with Crippen molar-refractivity contribution in [2.75, 3.05) is 6.54 Å². The number of amides is 1. The smallest absolute Gasteiger partial charge is 0.424 e. The lowest BCUT2D eigenvalue weighted by Crippen LogP contribution is -2.42. The van der Waals surface area contributed by atoms with Crippen molar-refractivity contribution in [1.82, 2.24) is 4.31 Å². The first kappa shape index (κ1) is 28.9. The van der Waals surface area contributed by atoms with Crippen molar-refractivity contribution in [3.8, 4) is 16.9 Å². The fourth-order valence-electron chi connectivity index (χ4n) is 4.10. The highest BCUT2D eigenvalue weighted by Gasteiger charge is 2.33. The molecule has 210 valence electrons. The van der Waals surface area contributed by atoms with Crippen molar-refractivity contribution in [1.29, 1.82) is 0 Å². The minimum Gasteiger partial charge on any atom is -0.449 e. The van der Waals surface area contributed by atoms with Gasteiger partial charge in [0.15, 0.2) is 0 Å². The molecule has 0 N–H and O–H groups in total. The van der Waals surface area contributed by atoms with E-state index in [4.69, 9.17) is 13.9 Å². The predicted octanol–water partition coefficient (Wildman–Crippen LogP) is 7.21. The molecule has 40 heavy (non-hydrogen) atoms. The number of fused-ring (bicyclic) bond motifs is 1. The van der Waals surface area contributed by atoms with Crippen molar-refractivity contribution in [3.63, 3.8) is 0 Å². The monoisotopic (exact) mass is 563 g/mol. The first-order chi connectivity index (χ1) is 18.8. The predicted molar refractivity (Wildman–Crippen MR) is 153 cm³/mol. The van der Waals surface area contributed by atoms with Gasteiger partial charge in [-0.1, -0.05) is 56.3 Å². The molecular formula is C31H33NO7S. The number of ether oxygens (including phenoxy) is 2. The van der Waals surface area contributed by atoms with Crippen LogP contribution >= 0.6 is 0 Å². The quantitative estimate of drug-likeness (QED) is 0.173. The second-order valence-corrected chi connectivity index (χ2v) is 12.8. The lowest BCUT2D eigenvalue weighted by molar-refractivity contribution is 0.0377. The fraction of sp³-hybridized carbons (Fsp3) is 0.290. The summed E-state index contributed by atoms with van der Waals surface area (Å²) in [7, 11) is -4.13. The zero-order valence-corrected chi connectivity index (χ0v) is 24.2. The molecule has 8 nitrogen and oxygen atoms in total. The van der Waals surface area contributed by atoms with E-state index in [1.54, 1.807) is 63.2 Å². The van der Waals surface area contributed by atoms with Crippen molar-refractivity contribution >= 4 is 33.1 Å². The summed E-state index contributed by atoms with van der Waals surface area (Å²) in [4.78, 5) is 25.5. The van der Waals surface area contributed by atoms with Gasteiger partial charge in [0.1, 0.15) is 16.9 Å². The Balaban J connectivity index is 1.50. The number of aryl methyl sites for hydroxylation is 1. The molecule has 9 heteroatoms. The van der Waals surface area contributed by atoms with Crippen molar-refractivity contribution in [3.05, 3.63) is 84.1 Å². The molecule has 1 heterocycles. The molecule has 0 aliphatic carbocycles. The van der Waals surface area contributed by atoms with Gasteiger partial charge in [-0.3, -0.25) is 0 Å². The number of carbonyl (C=O) groups is 2. The van der Waals surface area contributed by atoms with Crippen LogP contribution in [0.1, 0.15) is 50.7 Å². The molecule has 3 aromatic carbocycles. The number of nitrogens with zero attached hydrogens (tertiary/aromatic N) is 1.